The predicted octanol–water partition coefficient (Wildman–Crippen LogP) is 2.41. The number of benzene rings is 1. The van der Waals surface area contributed by atoms with E-state index in [2.05, 4.69) is 0 Å². The lowest BCUT2D eigenvalue weighted by molar-refractivity contribution is -0.0399. The maximum atomic E-state index is 10.4. The van der Waals surface area contributed by atoms with Crippen molar-refractivity contribution in [2.75, 3.05) is 21.3 Å². The molecule has 0 fully saturated rings. The number of aliphatic hydroxyl groups excluding tert-OH is 1. The van der Waals surface area contributed by atoms with Gasteiger partial charge in [0.1, 0.15) is 17.6 Å². The molecule has 0 bridgehead atoms. The second kappa shape index (κ2) is 6.61. The fraction of sp³-hybridized carbons (Fsp3) is 0.571. The quantitative estimate of drug-likeness (QED) is 0.847. The Balaban J connectivity index is 3.07. The zero-order chi connectivity index (χ0) is 13.7. The van der Waals surface area contributed by atoms with E-state index in [1.54, 1.807) is 39.5 Å². The smallest absolute Gasteiger partial charge is 0.128 e. The van der Waals surface area contributed by atoms with E-state index in [0.29, 0.717) is 17.1 Å². The largest absolute Gasteiger partial charge is 0.497 e. The lowest BCUT2D eigenvalue weighted by Crippen LogP contribution is -2.26. The third-order valence-corrected chi connectivity index (χ3v) is 3.00. The highest BCUT2D eigenvalue weighted by molar-refractivity contribution is 5.42. The Morgan fingerprint density at radius 1 is 1.06 bits per heavy atom. The van der Waals surface area contributed by atoms with Gasteiger partial charge in [-0.2, -0.15) is 0 Å². The highest BCUT2D eigenvalue weighted by Gasteiger charge is 2.26. The van der Waals surface area contributed by atoms with Crippen LogP contribution in [0.25, 0.3) is 0 Å². The highest BCUT2D eigenvalue weighted by atomic mass is 16.5. The molecule has 18 heavy (non-hydrogen) atoms. The first-order valence-electron chi connectivity index (χ1n) is 5.97. The summed E-state index contributed by atoms with van der Waals surface area (Å²) in [4.78, 5) is 0. The second-order valence-corrected chi connectivity index (χ2v) is 4.50. The normalized spacial score (nSPS) is 14.4. The Bertz CT molecular complexity index is 376. The van der Waals surface area contributed by atoms with Crippen molar-refractivity contribution in [2.45, 2.75) is 26.1 Å². The van der Waals surface area contributed by atoms with Crippen molar-refractivity contribution in [1.29, 1.82) is 0 Å². The van der Waals surface area contributed by atoms with Gasteiger partial charge < -0.3 is 19.3 Å². The van der Waals surface area contributed by atoms with E-state index in [4.69, 9.17) is 14.2 Å². The van der Waals surface area contributed by atoms with Crippen LogP contribution in [0, 0.1) is 5.92 Å². The number of rotatable bonds is 6. The van der Waals surface area contributed by atoms with Gasteiger partial charge in [-0.1, -0.05) is 13.8 Å². The molecule has 0 aromatic heterocycles. The molecule has 2 atom stereocenters. The van der Waals surface area contributed by atoms with E-state index < -0.39 is 6.10 Å². The molecule has 0 saturated heterocycles. The molecule has 102 valence electrons. The molecule has 1 N–H and O–H groups in total. The van der Waals surface area contributed by atoms with Crippen molar-refractivity contribution in [1.82, 2.24) is 0 Å². The number of aliphatic hydroxyl groups is 1. The summed E-state index contributed by atoms with van der Waals surface area (Å²) < 4.78 is 15.8. The molecule has 4 nitrogen and oxygen atoms in total. The molecule has 0 aliphatic heterocycles. The minimum Gasteiger partial charge on any atom is -0.497 e. The molecule has 0 heterocycles. The van der Waals surface area contributed by atoms with E-state index in [9.17, 15) is 5.11 Å². The summed E-state index contributed by atoms with van der Waals surface area (Å²) in [6.07, 6.45) is -0.997. The predicted molar refractivity (Wildman–Crippen MR) is 70.1 cm³/mol. The fourth-order valence-corrected chi connectivity index (χ4v) is 2.01. The number of hydrogen-bond donors (Lipinski definition) is 1. The molecule has 0 saturated carbocycles. The Kier molecular flexibility index (Phi) is 5.44. The molecule has 1 aromatic carbocycles. The summed E-state index contributed by atoms with van der Waals surface area (Å²) in [7, 11) is 4.77. The topological polar surface area (TPSA) is 47.9 Å². The third kappa shape index (κ3) is 3.15. The van der Waals surface area contributed by atoms with Crippen LogP contribution in [0.3, 0.4) is 0 Å². The van der Waals surface area contributed by atoms with Gasteiger partial charge in [-0.15, -0.1) is 0 Å². The first-order valence-corrected chi connectivity index (χ1v) is 5.97. The zero-order valence-corrected chi connectivity index (χ0v) is 11.6. The highest BCUT2D eigenvalue weighted by Crippen LogP contribution is 2.33. The molecule has 1 aromatic rings. The van der Waals surface area contributed by atoms with E-state index in [0.717, 1.165) is 0 Å². The first kappa shape index (κ1) is 14.8. The summed E-state index contributed by atoms with van der Waals surface area (Å²) in [6.45, 7) is 4.01. The molecule has 2 unspecified atom stereocenters. The minimum absolute atomic E-state index is 0.205. The average molecular weight is 254 g/mol. The van der Waals surface area contributed by atoms with Crippen molar-refractivity contribution in [3.05, 3.63) is 23.8 Å². The molecule has 0 spiro atoms. The standard InChI is InChI=1S/C14H22O4/c1-9(2)14(18-5)13(15)11-7-6-10(16-3)8-12(11)17-4/h6-9,13-15H,1-5H3. The third-order valence-electron chi connectivity index (χ3n) is 3.00. The molecule has 0 aliphatic carbocycles. The van der Waals surface area contributed by atoms with E-state index in [1.807, 2.05) is 13.8 Å². The van der Waals surface area contributed by atoms with Crippen LogP contribution in [0.1, 0.15) is 25.5 Å². The van der Waals surface area contributed by atoms with Crippen molar-refractivity contribution < 1.29 is 19.3 Å². The van der Waals surface area contributed by atoms with E-state index >= 15 is 0 Å². The fourth-order valence-electron chi connectivity index (χ4n) is 2.01. The Morgan fingerprint density at radius 3 is 2.17 bits per heavy atom. The summed E-state index contributed by atoms with van der Waals surface area (Å²) in [5, 5.41) is 10.4. The van der Waals surface area contributed by atoms with Gasteiger partial charge in [0.2, 0.25) is 0 Å². The monoisotopic (exact) mass is 254 g/mol. The molecule has 0 amide bonds. The molecule has 4 heteroatoms. The molecule has 1 rings (SSSR count). The molecular weight excluding hydrogens is 232 g/mol. The van der Waals surface area contributed by atoms with Crippen LogP contribution in [0.5, 0.6) is 11.5 Å². The van der Waals surface area contributed by atoms with Gasteiger partial charge in [0.25, 0.3) is 0 Å². The SMILES string of the molecule is COc1ccc(C(O)C(OC)C(C)C)c(OC)c1. The maximum Gasteiger partial charge on any atom is 0.128 e. The first-order chi connectivity index (χ1) is 8.54. The van der Waals surface area contributed by atoms with E-state index in [-0.39, 0.29) is 12.0 Å². The Labute approximate surface area is 108 Å². The van der Waals surface area contributed by atoms with Crippen LogP contribution in [0.15, 0.2) is 18.2 Å². The van der Waals surface area contributed by atoms with Crippen LogP contribution in [-0.2, 0) is 4.74 Å². The molecule has 0 aliphatic rings. The summed E-state index contributed by atoms with van der Waals surface area (Å²) in [5.74, 6) is 1.50. The van der Waals surface area contributed by atoms with Crippen LogP contribution >= 0.6 is 0 Å². The van der Waals surface area contributed by atoms with Crippen molar-refractivity contribution in [3.8, 4) is 11.5 Å². The Morgan fingerprint density at radius 2 is 1.72 bits per heavy atom. The van der Waals surface area contributed by atoms with Gasteiger partial charge in [-0.25, -0.2) is 0 Å². The van der Waals surface area contributed by atoms with Gasteiger partial charge in [-0.05, 0) is 18.1 Å². The maximum absolute atomic E-state index is 10.4. The van der Waals surface area contributed by atoms with Crippen LogP contribution in [-0.4, -0.2) is 32.5 Å². The second-order valence-electron chi connectivity index (χ2n) is 4.50. The minimum atomic E-state index is -0.726. The lowest BCUT2D eigenvalue weighted by Gasteiger charge is -2.26. The van der Waals surface area contributed by atoms with Gasteiger partial charge in [-0.3, -0.25) is 0 Å². The van der Waals surface area contributed by atoms with Crippen LogP contribution in [0.4, 0.5) is 0 Å². The molecule has 0 radical (unpaired) electrons. The van der Waals surface area contributed by atoms with Crippen molar-refractivity contribution in [2.24, 2.45) is 5.92 Å². The zero-order valence-electron chi connectivity index (χ0n) is 11.6. The van der Waals surface area contributed by atoms with Crippen molar-refractivity contribution in [3.63, 3.8) is 0 Å². The van der Waals surface area contributed by atoms with E-state index in [1.165, 1.54) is 0 Å². The number of methoxy groups -OCH3 is 3. The van der Waals surface area contributed by atoms with Crippen molar-refractivity contribution >= 4 is 0 Å². The molecular formula is C14H22O4. The summed E-state index contributed by atoms with van der Waals surface area (Å²) >= 11 is 0. The average Bonchev–Trinajstić information content (AvgIpc) is 2.38. The van der Waals surface area contributed by atoms with Crippen LogP contribution < -0.4 is 9.47 Å². The number of ether oxygens (including phenoxy) is 3. The summed E-state index contributed by atoms with van der Waals surface area (Å²) in [5.41, 5.74) is 0.707. The van der Waals surface area contributed by atoms with Gasteiger partial charge in [0, 0.05) is 18.7 Å². The summed E-state index contributed by atoms with van der Waals surface area (Å²) in [6, 6.07) is 5.36. The van der Waals surface area contributed by atoms with Gasteiger partial charge >= 0.3 is 0 Å². The Hall–Kier alpha value is -1.26. The van der Waals surface area contributed by atoms with Crippen LogP contribution in [0.2, 0.25) is 0 Å². The lowest BCUT2D eigenvalue weighted by atomic mass is 9.95. The van der Waals surface area contributed by atoms with Gasteiger partial charge in [0.05, 0.1) is 20.3 Å². The number of hydrogen-bond acceptors (Lipinski definition) is 4. The van der Waals surface area contributed by atoms with Gasteiger partial charge in [0.15, 0.2) is 0 Å².